The molecule has 1 aromatic heterocycles. The predicted octanol–water partition coefficient (Wildman–Crippen LogP) is 0.0666. The van der Waals surface area contributed by atoms with E-state index in [0.717, 1.165) is 43.5 Å². The molecule has 1 aliphatic heterocycles. The smallest absolute Gasteiger partial charge is 0.222 e. The molecule has 1 unspecified atom stereocenters. The highest BCUT2D eigenvalue weighted by Crippen LogP contribution is 2.13. The first-order valence-corrected chi connectivity index (χ1v) is 9.27. The number of amides is 1. The molecule has 0 fully saturated rings. The average Bonchev–Trinajstić information content (AvgIpc) is 3.00. The molecule has 26 heavy (non-hydrogen) atoms. The van der Waals surface area contributed by atoms with Gasteiger partial charge in [-0.15, -0.1) is 0 Å². The maximum Gasteiger partial charge on any atom is 0.222 e. The summed E-state index contributed by atoms with van der Waals surface area (Å²) in [5.41, 5.74) is 0. The fourth-order valence-electron chi connectivity index (χ4n) is 2.73. The number of nitrogens with one attached hydrogen (secondary N) is 3. The first-order valence-electron chi connectivity index (χ1n) is 9.27. The third-order valence-corrected chi connectivity index (χ3v) is 4.07. The first kappa shape index (κ1) is 20.2. The highest BCUT2D eigenvalue weighted by Gasteiger charge is 2.22. The number of fused-ring (bicyclic) bond motifs is 1. The second kappa shape index (κ2) is 10.1. The Morgan fingerprint density at radius 3 is 2.92 bits per heavy atom. The van der Waals surface area contributed by atoms with Gasteiger partial charge in [0, 0.05) is 38.6 Å². The molecule has 2 heterocycles. The molecule has 1 amide bonds. The summed E-state index contributed by atoms with van der Waals surface area (Å²) in [6.07, 6.45) is 1.85. The van der Waals surface area contributed by atoms with Gasteiger partial charge in [0.2, 0.25) is 5.91 Å². The third kappa shape index (κ3) is 5.98. The van der Waals surface area contributed by atoms with Gasteiger partial charge >= 0.3 is 0 Å². The van der Waals surface area contributed by atoms with Crippen LogP contribution in [0.5, 0.6) is 0 Å². The maximum atomic E-state index is 11.6. The van der Waals surface area contributed by atoms with Crippen LogP contribution in [0.1, 0.15) is 38.8 Å². The van der Waals surface area contributed by atoms with Gasteiger partial charge in [-0.1, -0.05) is 13.8 Å². The first-order chi connectivity index (χ1) is 12.5. The van der Waals surface area contributed by atoms with Crippen LogP contribution in [0.4, 0.5) is 0 Å². The number of methoxy groups -OCH3 is 1. The van der Waals surface area contributed by atoms with E-state index >= 15 is 0 Å². The van der Waals surface area contributed by atoms with Crippen LogP contribution in [0.15, 0.2) is 4.99 Å². The molecular formula is C17H31N7O2. The van der Waals surface area contributed by atoms with Gasteiger partial charge < -0.3 is 20.7 Å². The van der Waals surface area contributed by atoms with Crippen LogP contribution in [0.2, 0.25) is 0 Å². The molecule has 0 aromatic carbocycles. The summed E-state index contributed by atoms with van der Waals surface area (Å²) < 4.78 is 7.05. The van der Waals surface area contributed by atoms with E-state index in [1.54, 1.807) is 7.11 Å². The van der Waals surface area contributed by atoms with Crippen LogP contribution < -0.4 is 16.0 Å². The van der Waals surface area contributed by atoms with E-state index in [0.29, 0.717) is 19.7 Å². The van der Waals surface area contributed by atoms with Gasteiger partial charge in [-0.2, -0.15) is 5.10 Å². The van der Waals surface area contributed by atoms with Gasteiger partial charge in [0.15, 0.2) is 11.8 Å². The highest BCUT2D eigenvalue weighted by molar-refractivity contribution is 5.80. The predicted molar refractivity (Wildman–Crippen MR) is 99.8 cm³/mol. The lowest BCUT2D eigenvalue weighted by atomic mass is 10.1. The third-order valence-electron chi connectivity index (χ3n) is 4.07. The van der Waals surface area contributed by atoms with E-state index in [9.17, 15) is 4.79 Å². The standard InChI is InChI=1S/C17H31N7O2/c1-5-18-17(20-9-8-19-16(25)12(2)3)21-13-6-7-15-22-14(11-26-4)23-24(15)10-13/h12-13H,5-11H2,1-4H3,(H,19,25)(H2,18,20,21). The van der Waals surface area contributed by atoms with Crippen molar-refractivity contribution >= 4 is 11.9 Å². The van der Waals surface area contributed by atoms with Crippen molar-refractivity contribution in [3.63, 3.8) is 0 Å². The number of carbonyl (C=O) groups excluding carboxylic acids is 1. The van der Waals surface area contributed by atoms with Gasteiger partial charge in [-0.3, -0.25) is 9.79 Å². The Hall–Kier alpha value is -2.16. The summed E-state index contributed by atoms with van der Waals surface area (Å²) in [5, 5.41) is 14.1. The lowest BCUT2D eigenvalue weighted by Crippen LogP contribution is -2.47. The summed E-state index contributed by atoms with van der Waals surface area (Å²) in [4.78, 5) is 20.6. The lowest BCUT2D eigenvalue weighted by Gasteiger charge is -2.25. The molecule has 9 nitrogen and oxygen atoms in total. The number of aliphatic imine (C=N–C) groups is 1. The Morgan fingerprint density at radius 2 is 2.23 bits per heavy atom. The summed E-state index contributed by atoms with van der Waals surface area (Å²) >= 11 is 0. The van der Waals surface area contributed by atoms with Gasteiger partial charge in [-0.05, 0) is 13.3 Å². The Balaban J connectivity index is 1.86. The molecule has 2 rings (SSSR count). The minimum atomic E-state index is -0.00699. The van der Waals surface area contributed by atoms with E-state index in [4.69, 9.17) is 4.74 Å². The van der Waals surface area contributed by atoms with Crippen LogP contribution in [0.3, 0.4) is 0 Å². The topological polar surface area (TPSA) is 105 Å². The van der Waals surface area contributed by atoms with Crippen molar-refractivity contribution in [2.75, 3.05) is 26.7 Å². The number of rotatable bonds is 8. The molecule has 0 spiro atoms. The molecule has 1 atom stereocenters. The van der Waals surface area contributed by atoms with E-state index in [1.165, 1.54) is 0 Å². The number of hydrogen-bond donors (Lipinski definition) is 3. The quantitative estimate of drug-likeness (QED) is 0.342. The molecule has 1 aliphatic rings. The molecule has 3 N–H and O–H groups in total. The van der Waals surface area contributed by atoms with Crippen LogP contribution in [-0.4, -0.2) is 59.4 Å². The van der Waals surface area contributed by atoms with Crippen LogP contribution in [0.25, 0.3) is 0 Å². The molecule has 0 bridgehead atoms. The Bertz CT molecular complexity index is 612. The fraction of sp³-hybridized carbons (Fsp3) is 0.765. The molecule has 0 saturated heterocycles. The molecule has 0 radical (unpaired) electrons. The van der Waals surface area contributed by atoms with Crippen molar-refractivity contribution in [2.24, 2.45) is 10.9 Å². The van der Waals surface area contributed by atoms with Crippen LogP contribution >= 0.6 is 0 Å². The Labute approximate surface area is 155 Å². The number of carbonyl (C=O) groups is 1. The van der Waals surface area contributed by atoms with Gasteiger partial charge in [0.1, 0.15) is 12.4 Å². The van der Waals surface area contributed by atoms with E-state index < -0.39 is 0 Å². The monoisotopic (exact) mass is 365 g/mol. The summed E-state index contributed by atoms with van der Waals surface area (Å²) in [6, 6.07) is 0.239. The van der Waals surface area contributed by atoms with Gasteiger partial charge in [0.05, 0.1) is 13.1 Å². The minimum absolute atomic E-state index is 0.00699. The van der Waals surface area contributed by atoms with Crippen molar-refractivity contribution in [1.29, 1.82) is 0 Å². The van der Waals surface area contributed by atoms with E-state index in [1.807, 2.05) is 25.5 Å². The minimum Gasteiger partial charge on any atom is -0.377 e. The summed E-state index contributed by atoms with van der Waals surface area (Å²) in [6.45, 7) is 8.83. The van der Waals surface area contributed by atoms with Crippen LogP contribution in [0, 0.1) is 5.92 Å². The van der Waals surface area contributed by atoms with Crippen molar-refractivity contribution < 1.29 is 9.53 Å². The molecule has 0 saturated carbocycles. The summed E-state index contributed by atoms with van der Waals surface area (Å²) in [7, 11) is 1.65. The number of hydrogen-bond acceptors (Lipinski definition) is 5. The highest BCUT2D eigenvalue weighted by atomic mass is 16.5. The molecular weight excluding hydrogens is 334 g/mol. The van der Waals surface area contributed by atoms with Crippen molar-refractivity contribution in [3.8, 4) is 0 Å². The largest absolute Gasteiger partial charge is 0.377 e. The maximum absolute atomic E-state index is 11.6. The lowest BCUT2D eigenvalue weighted by molar-refractivity contribution is -0.123. The van der Waals surface area contributed by atoms with Crippen molar-refractivity contribution in [3.05, 3.63) is 11.6 Å². The zero-order valence-electron chi connectivity index (χ0n) is 16.2. The average molecular weight is 365 g/mol. The number of aryl methyl sites for hydroxylation is 1. The molecule has 1 aromatic rings. The normalized spacial score (nSPS) is 17.1. The second-order valence-corrected chi connectivity index (χ2v) is 6.65. The van der Waals surface area contributed by atoms with Crippen molar-refractivity contribution in [2.45, 2.75) is 52.8 Å². The van der Waals surface area contributed by atoms with Crippen LogP contribution in [-0.2, 0) is 29.1 Å². The number of aromatic nitrogens is 3. The molecule has 0 aliphatic carbocycles. The molecule has 9 heteroatoms. The van der Waals surface area contributed by atoms with Crippen molar-refractivity contribution in [1.82, 2.24) is 30.7 Å². The zero-order valence-corrected chi connectivity index (χ0v) is 16.2. The Kier molecular flexibility index (Phi) is 7.83. The Morgan fingerprint density at radius 1 is 1.42 bits per heavy atom. The molecule has 146 valence electrons. The summed E-state index contributed by atoms with van der Waals surface area (Å²) in [5.74, 6) is 2.54. The number of guanidine groups is 1. The van der Waals surface area contributed by atoms with Gasteiger partial charge in [-0.25, -0.2) is 9.67 Å². The number of ether oxygens (including phenoxy) is 1. The van der Waals surface area contributed by atoms with E-state index in [2.05, 4.69) is 31.0 Å². The van der Waals surface area contributed by atoms with Gasteiger partial charge in [0.25, 0.3) is 0 Å². The zero-order chi connectivity index (χ0) is 18.9. The fourth-order valence-corrected chi connectivity index (χ4v) is 2.73. The SMILES string of the molecule is CCNC(=NCCNC(=O)C(C)C)NC1CCc2nc(COC)nn2C1. The number of nitrogens with zero attached hydrogens (tertiary/aromatic N) is 4. The van der Waals surface area contributed by atoms with E-state index in [-0.39, 0.29) is 17.9 Å². The second-order valence-electron chi connectivity index (χ2n) is 6.65.